The van der Waals surface area contributed by atoms with Crippen molar-refractivity contribution >= 4 is 24.6 Å². The molecule has 0 saturated carbocycles. The normalized spacial score (nSPS) is 18.0. The third-order valence-electron chi connectivity index (χ3n) is 1.89. The predicted octanol–water partition coefficient (Wildman–Crippen LogP) is -1.41. The molecule has 16 heavy (non-hydrogen) atoms. The van der Waals surface area contributed by atoms with E-state index < -0.39 is 11.9 Å². The lowest BCUT2D eigenvalue weighted by Crippen LogP contribution is -2.34. The summed E-state index contributed by atoms with van der Waals surface area (Å²) in [5, 5.41) is 2.36. The third-order valence-corrected chi connectivity index (χ3v) is 1.89. The molecule has 0 aromatic carbocycles. The molecule has 0 aromatic rings. The minimum absolute atomic E-state index is 0.449. The monoisotopic (exact) mass is 226 g/mol. The Bertz CT molecular complexity index is 320. The van der Waals surface area contributed by atoms with Gasteiger partial charge in [-0.1, -0.05) is 0 Å². The highest BCUT2D eigenvalue weighted by molar-refractivity contribution is 6.29. The lowest BCUT2D eigenvalue weighted by atomic mass is 10.7. The second-order valence-corrected chi connectivity index (χ2v) is 3.08. The van der Waals surface area contributed by atoms with Crippen molar-refractivity contribution < 1.29 is 19.3 Å². The van der Waals surface area contributed by atoms with Gasteiger partial charge in [0, 0.05) is 0 Å². The largest absolute Gasteiger partial charge is 0.444 e. The Morgan fingerprint density at radius 2 is 1.38 bits per heavy atom. The summed E-state index contributed by atoms with van der Waals surface area (Å²) in [7, 11) is 0. The molecule has 0 bridgehead atoms. The molecule has 8 nitrogen and oxygen atoms in total. The molecule has 0 fully saturated rings. The molecular weight excluding hydrogens is 216 g/mol. The van der Waals surface area contributed by atoms with Crippen molar-refractivity contribution in [3.05, 3.63) is 0 Å². The van der Waals surface area contributed by atoms with E-state index in [-0.39, 0.29) is 0 Å². The van der Waals surface area contributed by atoms with Crippen LogP contribution in [-0.4, -0.2) is 60.9 Å². The molecule has 8 heteroatoms. The summed E-state index contributed by atoms with van der Waals surface area (Å²) in [5.41, 5.74) is 0. The number of hydroxylamine groups is 4. The molecule has 0 N–H and O–H groups in total. The van der Waals surface area contributed by atoms with Crippen LogP contribution in [0.1, 0.15) is 0 Å². The van der Waals surface area contributed by atoms with Gasteiger partial charge in [-0.2, -0.15) is 10.1 Å². The van der Waals surface area contributed by atoms with Crippen molar-refractivity contribution in [2.24, 2.45) is 9.98 Å². The minimum atomic E-state index is -1.08. The van der Waals surface area contributed by atoms with Gasteiger partial charge in [0.25, 0.3) is 0 Å². The van der Waals surface area contributed by atoms with Gasteiger partial charge in [-0.3, -0.25) is 9.98 Å². The second-order valence-electron chi connectivity index (χ2n) is 3.08. The van der Waals surface area contributed by atoms with Gasteiger partial charge in [-0.25, -0.2) is 9.59 Å². The first-order valence-electron chi connectivity index (χ1n) is 4.73. The first kappa shape index (κ1) is 10.4. The summed E-state index contributed by atoms with van der Waals surface area (Å²) in [5.74, 6) is -2.15. The summed E-state index contributed by atoms with van der Waals surface area (Å²) in [6.07, 6.45) is 2.70. The third kappa shape index (κ3) is 2.47. The smallest absolute Gasteiger partial charge is 0.329 e. The van der Waals surface area contributed by atoms with Gasteiger partial charge in [0.05, 0.1) is 26.2 Å². The Hall–Kier alpha value is -2.12. The fourth-order valence-corrected chi connectivity index (χ4v) is 1.15. The van der Waals surface area contributed by atoms with Crippen molar-refractivity contribution in [3.8, 4) is 0 Å². The maximum Gasteiger partial charge on any atom is 0.444 e. The molecular formula is C8H10N4O4. The van der Waals surface area contributed by atoms with Crippen molar-refractivity contribution in [1.29, 1.82) is 0 Å². The van der Waals surface area contributed by atoms with E-state index in [4.69, 9.17) is 0 Å². The number of aliphatic imine (C=N–C) groups is 2. The SMILES string of the molecule is O=C(ON1C=NCC1)C(=O)ON1C=NCC1. The van der Waals surface area contributed by atoms with E-state index >= 15 is 0 Å². The van der Waals surface area contributed by atoms with Gasteiger partial charge in [0.15, 0.2) is 0 Å². The van der Waals surface area contributed by atoms with Gasteiger partial charge < -0.3 is 9.68 Å². The van der Waals surface area contributed by atoms with E-state index in [9.17, 15) is 9.59 Å². The number of carbonyl (C=O) groups excluding carboxylic acids is 2. The van der Waals surface area contributed by atoms with Crippen LogP contribution in [0.3, 0.4) is 0 Å². The lowest BCUT2D eigenvalue weighted by molar-refractivity contribution is -0.197. The van der Waals surface area contributed by atoms with Crippen LogP contribution in [0, 0.1) is 0 Å². The average Bonchev–Trinajstić information content (AvgIpc) is 2.90. The molecule has 2 heterocycles. The van der Waals surface area contributed by atoms with Crippen LogP contribution < -0.4 is 0 Å². The topological polar surface area (TPSA) is 83.8 Å². The molecule has 0 unspecified atom stereocenters. The van der Waals surface area contributed by atoms with E-state index in [1.807, 2.05) is 0 Å². The fraction of sp³-hybridized carbons (Fsp3) is 0.500. The number of hydrogen-bond donors (Lipinski definition) is 0. The van der Waals surface area contributed by atoms with Crippen LogP contribution in [0.5, 0.6) is 0 Å². The quantitative estimate of drug-likeness (QED) is 0.538. The second kappa shape index (κ2) is 4.60. The highest BCUT2D eigenvalue weighted by Crippen LogP contribution is 1.99. The molecule has 86 valence electrons. The number of carbonyl (C=O) groups is 2. The van der Waals surface area contributed by atoms with E-state index in [0.29, 0.717) is 26.2 Å². The molecule has 0 atom stereocenters. The highest BCUT2D eigenvalue weighted by atomic mass is 16.8. The van der Waals surface area contributed by atoms with Gasteiger partial charge in [-0.05, 0) is 0 Å². The summed E-state index contributed by atoms with van der Waals surface area (Å²) >= 11 is 0. The van der Waals surface area contributed by atoms with Crippen molar-refractivity contribution in [3.63, 3.8) is 0 Å². The van der Waals surface area contributed by atoms with Crippen LogP contribution in [-0.2, 0) is 19.3 Å². The molecule has 0 aromatic heterocycles. The first-order chi connectivity index (χ1) is 7.75. The van der Waals surface area contributed by atoms with Crippen LogP contribution >= 0.6 is 0 Å². The predicted molar refractivity (Wildman–Crippen MR) is 52.3 cm³/mol. The first-order valence-corrected chi connectivity index (χ1v) is 4.73. The summed E-state index contributed by atoms with van der Waals surface area (Å²) in [6, 6.07) is 0. The van der Waals surface area contributed by atoms with Crippen LogP contribution in [0.25, 0.3) is 0 Å². The maximum atomic E-state index is 11.2. The maximum absolute atomic E-state index is 11.2. The van der Waals surface area contributed by atoms with Gasteiger partial charge in [0.1, 0.15) is 12.7 Å². The molecule has 0 amide bonds. The van der Waals surface area contributed by atoms with Crippen molar-refractivity contribution in [2.45, 2.75) is 0 Å². The number of nitrogens with zero attached hydrogens (tertiary/aromatic N) is 4. The zero-order chi connectivity index (χ0) is 11.4. The van der Waals surface area contributed by atoms with Gasteiger partial charge in [0.2, 0.25) is 0 Å². The minimum Gasteiger partial charge on any atom is -0.329 e. The summed E-state index contributed by atoms with van der Waals surface area (Å²) in [6.45, 7) is 1.98. The Labute approximate surface area is 91.1 Å². The Morgan fingerprint density at radius 3 is 1.69 bits per heavy atom. The lowest BCUT2D eigenvalue weighted by Gasteiger charge is -2.14. The number of rotatable bonds is 2. The summed E-state index contributed by atoms with van der Waals surface area (Å²) in [4.78, 5) is 39.4. The molecule has 2 aliphatic rings. The van der Waals surface area contributed by atoms with E-state index in [1.54, 1.807) is 0 Å². The Morgan fingerprint density at radius 1 is 0.938 bits per heavy atom. The molecule has 0 spiro atoms. The molecule has 2 rings (SSSR count). The van der Waals surface area contributed by atoms with Crippen LogP contribution in [0.15, 0.2) is 9.98 Å². The van der Waals surface area contributed by atoms with Crippen molar-refractivity contribution in [1.82, 2.24) is 10.1 Å². The zero-order valence-electron chi connectivity index (χ0n) is 8.40. The molecule has 2 aliphatic heterocycles. The molecule has 0 aliphatic carbocycles. The zero-order valence-corrected chi connectivity index (χ0v) is 8.40. The highest BCUT2D eigenvalue weighted by Gasteiger charge is 2.24. The Balaban J connectivity index is 1.77. The number of hydrogen-bond acceptors (Lipinski definition) is 8. The van der Waals surface area contributed by atoms with Gasteiger partial charge in [-0.15, -0.1) is 0 Å². The van der Waals surface area contributed by atoms with E-state index in [0.717, 1.165) is 0 Å². The van der Waals surface area contributed by atoms with Crippen LogP contribution in [0.2, 0.25) is 0 Å². The van der Waals surface area contributed by atoms with Gasteiger partial charge >= 0.3 is 11.9 Å². The summed E-state index contributed by atoms with van der Waals surface area (Å²) < 4.78 is 0. The van der Waals surface area contributed by atoms with E-state index in [1.165, 1.54) is 22.8 Å². The fourth-order valence-electron chi connectivity index (χ4n) is 1.15. The molecule has 0 saturated heterocycles. The molecule has 0 radical (unpaired) electrons. The van der Waals surface area contributed by atoms with Crippen molar-refractivity contribution in [2.75, 3.05) is 26.2 Å². The van der Waals surface area contributed by atoms with E-state index in [2.05, 4.69) is 19.7 Å². The standard InChI is InChI=1S/C8H10N4O4/c13-7(15-11-3-1-9-5-11)8(14)16-12-4-2-10-6-12/h5-6H,1-4H2. The van der Waals surface area contributed by atoms with Crippen LogP contribution in [0.4, 0.5) is 0 Å². The average molecular weight is 226 g/mol. The Kier molecular flexibility index (Phi) is 2.99.